The third kappa shape index (κ3) is 5.41. The Bertz CT molecular complexity index is 848. The lowest BCUT2D eigenvalue weighted by Crippen LogP contribution is -2.49. The van der Waals surface area contributed by atoms with Crippen molar-refractivity contribution in [1.82, 2.24) is 10.2 Å². The summed E-state index contributed by atoms with van der Waals surface area (Å²) in [5.41, 5.74) is 0.512. The van der Waals surface area contributed by atoms with Crippen molar-refractivity contribution in [2.45, 2.75) is 31.9 Å². The second-order valence-corrected chi connectivity index (χ2v) is 7.42. The van der Waals surface area contributed by atoms with Gasteiger partial charge in [-0.3, -0.25) is 9.59 Å². The van der Waals surface area contributed by atoms with Crippen LogP contribution in [0.2, 0.25) is 5.02 Å². The largest absolute Gasteiger partial charge is 0.496 e. The molecule has 1 heterocycles. The number of halogens is 1. The number of hydrogen-bond donors (Lipinski definition) is 1. The van der Waals surface area contributed by atoms with Gasteiger partial charge in [0.1, 0.15) is 11.5 Å². The molecule has 2 aromatic rings. The van der Waals surface area contributed by atoms with Gasteiger partial charge in [-0.15, -0.1) is 0 Å². The molecule has 1 aliphatic rings. The first kappa shape index (κ1) is 21.0. The summed E-state index contributed by atoms with van der Waals surface area (Å²) < 4.78 is 11.0. The Hall–Kier alpha value is -2.73. The standard InChI is InChI=1S/C22H25ClN2O4/c1-15(29-18-9-7-16(23)8-10-18)22(27)25-13-11-17(12-14-25)24-21(26)19-5-3-4-6-20(19)28-2/h3-10,15,17H,11-14H2,1-2H3,(H,24,26). The SMILES string of the molecule is COc1ccccc1C(=O)NC1CCN(C(=O)C(C)Oc2ccc(Cl)cc2)CC1. The Morgan fingerprint density at radius 3 is 2.41 bits per heavy atom. The molecular formula is C22H25ClN2O4. The minimum Gasteiger partial charge on any atom is -0.496 e. The van der Waals surface area contributed by atoms with Gasteiger partial charge in [0.25, 0.3) is 11.8 Å². The van der Waals surface area contributed by atoms with Gasteiger partial charge in [0, 0.05) is 24.2 Å². The zero-order valence-electron chi connectivity index (χ0n) is 16.6. The van der Waals surface area contributed by atoms with Gasteiger partial charge in [-0.25, -0.2) is 0 Å². The van der Waals surface area contributed by atoms with Crippen LogP contribution in [0.4, 0.5) is 0 Å². The Morgan fingerprint density at radius 1 is 1.10 bits per heavy atom. The van der Waals surface area contributed by atoms with Gasteiger partial charge in [-0.1, -0.05) is 23.7 Å². The molecule has 1 aliphatic heterocycles. The number of carbonyl (C=O) groups excluding carboxylic acids is 2. The molecule has 1 saturated heterocycles. The topological polar surface area (TPSA) is 67.9 Å². The Kier molecular flexibility index (Phi) is 6.99. The number of benzene rings is 2. The number of para-hydroxylation sites is 1. The maximum atomic E-state index is 12.7. The van der Waals surface area contributed by atoms with Crippen LogP contribution in [-0.2, 0) is 4.79 Å². The highest BCUT2D eigenvalue weighted by molar-refractivity contribution is 6.30. The lowest BCUT2D eigenvalue weighted by atomic mass is 10.0. The number of hydrogen-bond acceptors (Lipinski definition) is 4. The van der Waals surface area contributed by atoms with Crippen molar-refractivity contribution < 1.29 is 19.1 Å². The van der Waals surface area contributed by atoms with E-state index in [0.717, 1.165) is 0 Å². The highest BCUT2D eigenvalue weighted by Gasteiger charge is 2.28. The van der Waals surface area contributed by atoms with Crippen LogP contribution in [-0.4, -0.2) is 49.1 Å². The fraction of sp³-hybridized carbons (Fsp3) is 0.364. The zero-order valence-corrected chi connectivity index (χ0v) is 17.3. The summed E-state index contributed by atoms with van der Waals surface area (Å²) >= 11 is 5.87. The van der Waals surface area contributed by atoms with Crippen molar-refractivity contribution in [2.75, 3.05) is 20.2 Å². The summed E-state index contributed by atoms with van der Waals surface area (Å²) in [7, 11) is 1.55. The molecule has 0 aromatic heterocycles. The van der Waals surface area contributed by atoms with Gasteiger partial charge < -0.3 is 19.7 Å². The summed E-state index contributed by atoms with van der Waals surface area (Å²) in [4.78, 5) is 27.0. The lowest BCUT2D eigenvalue weighted by molar-refractivity contribution is -0.139. The predicted octanol–water partition coefficient (Wildman–Crippen LogP) is 3.54. The maximum absolute atomic E-state index is 12.7. The normalized spacial score (nSPS) is 15.5. The molecule has 7 heteroatoms. The highest BCUT2D eigenvalue weighted by atomic mass is 35.5. The van der Waals surface area contributed by atoms with Crippen LogP contribution in [0.3, 0.4) is 0 Å². The Labute approximate surface area is 175 Å². The number of nitrogens with one attached hydrogen (secondary N) is 1. The number of carbonyl (C=O) groups is 2. The first-order valence-electron chi connectivity index (χ1n) is 9.63. The van der Waals surface area contributed by atoms with Gasteiger partial charge in [0.15, 0.2) is 6.10 Å². The monoisotopic (exact) mass is 416 g/mol. The molecule has 1 atom stereocenters. The molecule has 1 N–H and O–H groups in total. The molecule has 0 saturated carbocycles. The first-order valence-corrected chi connectivity index (χ1v) is 10.0. The number of rotatable bonds is 6. The second kappa shape index (κ2) is 9.65. The summed E-state index contributed by atoms with van der Waals surface area (Å²) in [6.07, 6.45) is 0.802. The molecule has 0 bridgehead atoms. The van der Waals surface area contributed by atoms with E-state index in [1.54, 1.807) is 61.4 Å². The second-order valence-electron chi connectivity index (χ2n) is 6.99. The fourth-order valence-electron chi connectivity index (χ4n) is 3.36. The van der Waals surface area contributed by atoms with Gasteiger partial charge in [-0.05, 0) is 56.2 Å². The summed E-state index contributed by atoms with van der Waals surface area (Å²) in [6, 6.07) is 14.1. The average molecular weight is 417 g/mol. The van der Waals surface area contributed by atoms with Crippen molar-refractivity contribution >= 4 is 23.4 Å². The molecule has 0 radical (unpaired) electrons. The minimum absolute atomic E-state index is 0.0175. The number of nitrogens with zero attached hydrogens (tertiary/aromatic N) is 1. The van der Waals surface area contributed by atoms with Crippen LogP contribution in [0.25, 0.3) is 0 Å². The molecule has 29 heavy (non-hydrogen) atoms. The maximum Gasteiger partial charge on any atom is 0.263 e. The van der Waals surface area contributed by atoms with E-state index in [1.807, 2.05) is 6.07 Å². The molecular weight excluding hydrogens is 392 g/mol. The van der Waals surface area contributed by atoms with Crippen LogP contribution in [0.15, 0.2) is 48.5 Å². The van der Waals surface area contributed by atoms with Crippen LogP contribution < -0.4 is 14.8 Å². The first-order chi connectivity index (χ1) is 14.0. The van der Waals surface area contributed by atoms with E-state index in [4.69, 9.17) is 21.1 Å². The molecule has 3 rings (SSSR count). The van der Waals surface area contributed by atoms with E-state index < -0.39 is 6.10 Å². The number of amides is 2. The number of likely N-dealkylation sites (tertiary alicyclic amines) is 1. The van der Waals surface area contributed by atoms with Crippen LogP contribution >= 0.6 is 11.6 Å². The molecule has 2 aromatic carbocycles. The van der Waals surface area contributed by atoms with Crippen molar-refractivity contribution in [3.8, 4) is 11.5 Å². The summed E-state index contributed by atoms with van der Waals surface area (Å²) in [5.74, 6) is 0.932. The number of ether oxygens (including phenoxy) is 2. The van der Waals surface area contributed by atoms with Crippen LogP contribution in [0, 0.1) is 0 Å². The smallest absolute Gasteiger partial charge is 0.263 e. The molecule has 154 valence electrons. The minimum atomic E-state index is -0.587. The predicted molar refractivity (Wildman–Crippen MR) is 112 cm³/mol. The number of piperidine rings is 1. The molecule has 0 spiro atoms. The van der Waals surface area contributed by atoms with Gasteiger partial charge in [0.05, 0.1) is 12.7 Å². The van der Waals surface area contributed by atoms with Crippen LogP contribution in [0.1, 0.15) is 30.1 Å². The average Bonchev–Trinajstić information content (AvgIpc) is 2.75. The fourth-order valence-corrected chi connectivity index (χ4v) is 3.49. The van der Waals surface area contributed by atoms with E-state index >= 15 is 0 Å². The van der Waals surface area contributed by atoms with Crippen molar-refractivity contribution in [3.05, 3.63) is 59.1 Å². The number of methoxy groups -OCH3 is 1. The Morgan fingerprint density at radius 2 is 1.76 bits per heavy atom. The van der Waals surface area contributed by atoms with Crippen molar-refractivity contribution in [1.29, 1.82) is 0 Å². The molecule has 1 fully saturated rings. The third-order valence-electron chi connectivity index (χ3n) is 4.97. The quantitative estimate of drug-likeness (QED) is 0.782. The van der Waals surface area contributed by atoms with E-state index in [-0.39, 0.29) is 17.9 Å². The van der Waals surface area contributed by atoms with Crippen molar-refractivity contribution in [3.63, 3.8) is 0 Å². The van der Waals surface area contributed by atoms with E-state index in [9.17, 15) is 9.59 Å². The summed E-state index contributed by atoms with van der Waals surface area (Å²) in [6.45, 7) is 2.89. The van der Waals surface area contributed by atoms with E-state index in [2.05, 4.69) is 5.32 Å². The highest BCUT2D eigenvalue weighted by Crippen LogP contribution is 2.20. The van der Waals surface area contributed by atoms with Crippen molar-refractivity contribution in [2.24, 2.45) is 0 Å². The lowest BCUT2D eigenvalue weighted by Gasteiger charge is -2.34. The Balaban J connectivity index is 1.50. The summed E-state index contributed by atoms with van der Waals surface area (Å²) in [5, 5.41) is 3.66. The molecule has 2 amide bonds. The van der Waals surface area contributed by atoms with E-state index in [1.165, 1.54) is 0 Å². The molecule has 6 nitrogen and oxygen atoms in total. The van der Waals surface area contributed by atoms with Crippen LogP contribution in [0.5, 0.6) is 11.5 Å². The van der Waals surface area contributed by atoms with E-state index in [0.29, 0.717) is 48.0 Å². The van der Waals surface area contributed by atoms with Gasteiger partial charge in [0.2, 0.25) is 0 Å². The van der Waals surface area contributed by atoms with Gasteiger partial charge in [-0.2, -0.15) is 0 Å². The van der Waals surface area contributed by atoms with Gasteiger partial charge >= 0.3 is 0 Å². The molecule has 1 unspecified atom stereocenters. The molecule has 0 aliphatic carbocycles. The third-order valence-corrected chi connectivity index (χ3v) is 5.22. The zero-order chi connectivity index (χ0) is 20.8.